The lowest BCUT2D eigenvalue weighted by molar-refractivity contribution is 0.449. The Balaban J connectivity index is 2.29. The molecule has 0 heteroatoms. The summed E-state index contributed by atoms with van der Waals surface area (Å²) in [5.41, 5.74) is 3.18. The van der Waals surface area contributed by atoms with Gasteiger partial charge in [-0.1, -0.05) is 62.4 Å². The maximum absolute atomic E-state index is 4.27. The van der Waals surface area contributed by atoms with Gasteiger partial charge in [0.25, 0.3) is 0 Å². The average molecular weight is 212 g/mol. The van der Waals surface area contributed by atoms with Crippen LogP contribution < -0.4 is 0 Å². The first-order chi connectivity index (χ1) is 7.57. The number of hydrogen-bond donors (Lipinski definition) is 0. The van der Waals surface area contributed by atoms with Crippen LogP contribution in [0.15, 0.2) is 55.1 Å². The van der Waals surface area contributed by atoms with E-state index in [-0.39, 0.29) is 10.8 Å². The van der Waals surface area contributed by atoms with Gasteiger partial charge in [-0.15, -0.1) is 6.58 Å². The van der Waals surface area contributed by atoms with Gasteiger partial charge in [-0.3, -0.25) is 0 Å². The van der Waals surface area contributed by atoms with E-state index in [1.54, 1.807) is 0 Å². The molecule has 0 amide bonds. The second-order valence-corrected chi connectivity index (χ2v) is 5.13. The summed E-state index contributed by atoms with van der Waals surface area (Å²) in [5.74, 6) is 0. The monoisotopic (exact) mass is 212 g/mol. The van der Waals surface area contributed by atoms with Crippen LogP contribution in [0.1, 0.15) is 32.3 Å². The van der Waals surface area contributed by atoms with Crippen LogP contribution in [-0.4, -0.2) is 0 Å². The van der Waals surface area contributed by atoms with Crippen molar-refractivity contribution >= 4 is 0 Å². The molecule has 1 aliphatic carbocycles. The highest BCUT2D eigenvalue weighted by atomic mass is 14.7. The van der Waals surface area contributed by atoms with Crippen molar-refractivity contribution in [3.63, 3.8) is 0 Å². The Morgan fingerprint density at radius 3 is 2.38 bits per heavy atom. The van der Waals surface area contributed by atoms with Gasteiger partial charge < -0.3 is 0 Å². The van der Waals surface area contributed by atoms with Gasteiger partial charge >= 0.3 is 0 Å². The predicted molar refractivity (Wildman–Crippen MR) is 70.5 cm³/mol. The summed E-state index contributed by atoms with van der Waals surface area (Å²) in [5, 5.41) is 0. The third-order valence-electron chi connectivity index (χ3n) is 4.51. The van der Waals surface area contributed by atoms with Crippen molar-refractivity contribution in [2.24, 2.45) is 5.41 Å². The van der Waals surface area contributed by atoms with Crippen molar-refractivity contribution in [1.29, 1.82) is 0 Å². The minimum Gasteiger partial charge on any atom is -0.103 e. The summed E-state index contributed by atoms with van der Waals surface area (Å²) in [4.78, 5) is 0. The Labute approximate surface area is 98.7 Å². The van der Waals surface area contributed by atoms with E-state index in [9.17, 15) is 0 Å². The van der Waals surface area contributed by atoms with E-state index in [0.29, 0.717) is 0 Å². The van der Waals surface area contributed by atoms with Crippen molar-refractivity contribution in [3.8, 4) is 0 Å². The van der Waals surface area contributed by atoms with Crippen LogP contribution in [0.2, 0.25) is 0 Å². The second kappa shape index (κ2) is 3.62. The zero-order valence-corrected chi connectivity index (χ0v) is 10.3. The van der Waals surface area contributed by atoms with E-state index >= 15 is 0 Å². The Hall–Kier alpha value is -1.30. The van der Waals surface area contributed by atoms with E-state index in [1.807, 2.05) is 6.08 Å². The normalized spacial score (nSPS) is 32.5. The van der Waals surface area contributed by atoms with Gasteiger partial charge in [-0.2, -0.15) is 0 Å². The van der Waals surface area contributed by atoms with Crippen molar-refractivity contribution in [1.82, 2.24) is 0 Å². The Morgan fingerprint density at radius 1 is 1.19 bits per heavy atom. The average Bonchev–Trinajstić information content (AvgIpc) is 2.76. The molecule has 84 valence electrons. The van der Waals surface area contributed by atoms with E-state index in [0.717, 1.165) is 12.8 Å². The number of allylic oxidation sites excluding steroid dienone is 2. The van der Waals surface area contributed by atoms with Gasteiger partial charge in [0, 0.05) is 10.8 Å². The molecule has 0 bridgehead atoms. The molecule has 2 rings (SSSR count). The molecule has 0 aromatic heterocycles. The van der Waals surface area contributed by atoms with Gasteiger partial charge in [-0.25, -0.2) is 0 Å². The van der Waals surface area contributed by atoms with Crippen LogP contribution in [-0.2, 0) is 5.41 Å². The molecule has 0 heterocycles. The van der Waals surface area contributed by atoms with E-state index in [4.69, 9.17) is 0 Å². The molecule has 16 heavy (non-hydrogen) atoms. The van der Waals surface area contributed by atoms with Crippen LogP contribution >= 0.6 is 0 Å². The molecule has 1 aliphatic rings. The Morgan fingerprint density at radius 2 is 1.81 bits per heavy atom. The van der Waals surface area contributed by atoms with Crippen LogP contribution in [0.3, 0.4) is 0 Å². The van der Waals surface area contributed by atoms with Crippen molar-refractivity contribution < 1.29 is 0 Å². The molecule has 1 saturated carbocycles. The molecule has 2 atom stereocenters. The van der Waals surface area contributed by atoms with Crippen LogP contribution in [0, 0.1) is 5.41 Å². The first-order valence-corrected chi connectivity index (χ1v) is 5.93. The van der Waals surface area contributed by atoms with Gasteiger partial charge in [-0.05, 0) is 18.4 Å². The Bertz CT molecular complexity index is 415. The molecule has 0 saturated heterocycles. The van der Waals surface area contributed by atoms with Gasteiger partial charge in [0.05, 0.1) is 0 Å². The maximum Gasteiger partial charge on any atom is 0.0227 e. The lowest BCUT2D eigenvalue weighted by Gasteiger charge is -2.17. The molecular weight excluding hydrogens is 192 g/mol. The minimum absolute atomic E-state index is 0.164. The first-order valence-electron chi connectivity index (χ1n) is 5.93. The highest BCUT2D eigenvalue weighted by Crippen LogP contribution is 2.70. The molecule has 2 unspecified atom stereocenters. The van der Waals surface area contributed by atoms with E-state index in [1.165, 1.54) is 11.1 Å². The highest BCUT2D eigenvalue weighted by Gasteiger charge is 2.64. The largest absolute Gasteiger partial charge is 0.103 e. The molecule has 1 aromatic carbocycles. The van der Waals surface area contributed by atoms with E-state index in [2.05, 4.69) is 57.3 Å². The quantitative estimate of drug-likeness (QED) is 0.645. The van der Waals surface area contributed by atoms with Crippen molar-refractivity contribution in [2.75, 3.05) is 0 Å². The fourth-order valence-electron chi connectivity index (χ4n) is 2.90. The summed E-state index contributed by atoms with van der Waals surface area (Å²) >= 11 is 0. The maximum atomic E-state index is 4.27. The lowest BCUT2D eigenvalue weighted by Crippen LogP contribution is -2.11. The van der Waals surface area contributed by atoms with Crippen molar-refractivity contribution in [2.45, 2.75) is 32.1 Å². The molecule has 0 spiro atoms. The summed E-state index contributed by atoms with van der Waals surface area (Å²) in [6.45, 7) is 12.7. The zero-order valence-electron chi connectivity index (χ0n) is 10.3. The Kier molecular flexibility index (Phi) is 2.53. The lowest BCUT2D eigenvalue weighted by atomic mass is 9.86. The van der Waals surface area contributed by atoms with Gasteiger partial charge in [0.15, 0.2) is 0 Å². The molecule has 0 radical (unpaired) electrons. The second-order valence-electron chi connectivity index (χ2n) is 5.13. The zero-order chi connectivity index (χ0) is 11.8. The van der Waals surface area contributed by atoms with Crippen LogP contribution in [0.25, 0.3) is 0 Å². The molecule has 0 N–H and O–H groups in total. The predicted octanol–water partition coefficient (Wildman–Crippen LogP) is 4.49. The molecule has 0 nitrogen and oxygen atoms in total. The molecular formula is C16H20. The first kappa shape index (κ1) is 11.2. The van der Waals surface area contributed by atoms with Gasteiger partial charge in [0.2, 0.25) is 0 Å². The molecule has 1 fully saturated rings. The summed E-state index contributed by atoms with van der Waals surface area (Å²) in [6, 6.07) is 10.7. The third kappa shape index (κ3) is 1.29. The highest BCUT2D eigenvalue weighted by molar-refractivity contribution is 5.56. The van der Waals surface area contributed by atoms with Gasteiger partial charge in [0.1, 0.15) is 0 Å². The number of rotatable bonds is 4. The third-order valence-corrected chi connectivity index (χ3v) is 4.51. The topological polar surface area (TPSA) is 0 Å². The molecule has 0 aliphatic heterocycles. The summed E-state index contributed by atoms with van der Waals surface area (Å²) in [7, 11) is 0. The minimum atomic E-state index is 0.164. The van der Waals surface area contributed by atoms with Crippen molar-refractivity contribution in [3.05, 3.63) is 60.7 Å². The number of benzene rings is 1. The molecule has 1 aromatic rings. The van der Waals surface area contributed by atoms with Crippen LogP contribution in [0.5, 0.6) is 0 Å². The van der Waals surface area contributed by atoms with Crippen LogP contribution in [0.4, 0.5) is 0 Å². The summed E-state index contributed by atoms with van der Waals surface area (Å²) < 4.78 is 0. The smallest absolute Gasteiger partial charge is 0.0227 e. The SMILES string of the molecule is C=CCCC1(C)C(=C)C1(C)c1ccccc1. The summed E-state index contributed by atoms with van der Waals surface area (Å²) in [6.07, 6.45) is 4.22. The fourth-order valence-corrected chi connectivity index (χ4v) is 2.90. The fraction of sp³-hybridized carbons (Fsp3) is 0.375. The standard InChI is InChI=1S/C16H20/c1-5-6-12-15(3)13(2)16(15,4)14-10-8-7-9-11-14/h5,7-11H,1-2,6,12H2,3-4H3. The van der Waals surface area contributed by atoms with E-state index < -0.39 is 0 Å². The number of hydrogen-bond acceptors (Lipinski definition) is 0.